The maximum atomic E-state index is 6.20. The van der Waals surface area contributed by atoms with E-state index in [1.165, 1.54) is 25.7 Å². The predicted molar refractivity (Wildman–Crippen MR) is 83.1 cm³/mol. The number of rotatable bonds is 6. The summed E-state index contributed by atoms with van der Waals surface area (Å²) in [5.74, 6) is 1.67. The summed E-state index contributed by atoms with van der Waals surface area (Å²) >= 11 is 6.20. The third-order valence-corrected chi connectivity index (χ3v) is 3.45. The number of hydrogen-bond acceptors (Lipinski definition) is 3. The molecule has 0 atom stereocenters. The van der Waals surface area contributed by atoms with E-state index >= 15 is 0 Å². The summed E-state index contributed by atoms with van der Waals surface area (Å²) in [4.78, 5) is 8.99. The Bertz CT molecular complexity index is 411. The van der Waals surface area contributed by atoms with Crippen LogP contribution < -0.4 is 5.32 Å². The molecule has 0 aliphatic rings. The number of nitrogens with zero attached hydrogens (tertiary/aromatic N) is 2. The molecule has 1 aromatic rings. The van der Waals surface area contributed by atoms with Crippen molar-refractivity contribution in [3.05, 3.63) is 16.5 Å². The van der Waals surface area contributed by atoms with Crippen LogP contribution in [-0.2, 0) is 5.41 Å². The van der Waals surface area contributed by atoms with Crippen LogP contribution in [0, 0.1) is 6.92 Å². The average molecular weight is 284 g/mol. The Balaban J connectivity index is 2.74. The van der Waals surface area contributed by atoms with Gasteiger partial charge in [0.2, 0.25) is 0 Å². The van der Waals surface area contributed by atoms with Gasteiger partial charge in [0.25, 0.3) is 0 Å². The molecule has 0 spiro atoms. The normalized spacial score (nSPS) is 11.7. The van der Waals surface area contributed by atoms with E-state index in [-0.39, 0.29) is 5.41 Å². The topological polar surface area (TPSA) is 37.8 Å². The van der Waals surface area contributed by atoms with E-state index in [9.17, 15) is 0 Å². The van der Waals surface area contributed by atoms with E-state index in [0.29, 0.717) is 5.15 Å². The van der Waals surface area contributed by atoms with Crippen LogP contribution in [0.15, 0.2) is 0 Å². The van der Waals surface area contributed by atoms with Crippen LogP contribution in [0.3, 0.4) is 0 Å². The number of aromatic nitrogens is 2. The van der Waals surface area contributed by atoms with E-state index in [1.807, 2.05) is 6.92 Å². The molecular weight excluding hydrogens is 258 g/mol. The minimum Gasteiger partial charge on any atom is -0.370 e. The largest absolute Gasteiger partial charge is 0.370 e. The highest BCUT2D eigenvalue weighted by atomic mass is 35.5. The molecule has 1 N–H and O–H groups in total. The van der Waals surface area contributed by atoms with E-state index in [2.05, 4.69) is 43.0 Å². The molecule has 0 saturated carbocycles. The lowest BCUT2D eigenvalue weighted by Crippen LogP contribution is -2.18. The van der Waals surface area contributed by atoms with Gasteiger partial charge >= 0.3 is 0 Å². The smallest absolute Gasteiger partial charge is 0.137 e. The predicted octanol–water partition coefficient (Wildman–Crippen LogP) is 4.73. The summed E-state index contributed by atoms with van der Waals surface area (Å²) in [6.45, 7) is 11.4. The maximum Gasteiger partial charge on any atom is 0.137 e. The fourth-order valence-electron chi connectivity index (χ4n) is 1.76. The fraction of sp³-hybridized carbons (Fsp3) is 0.733. The molecule has 1 aromatic heterocycles. The first kappa shape index (κ1) is 16.2. The van der Waals surface area contributed by atoms with Crippen LogP contribution in [0.25, 0.3) is 0 Å². The van der Waals surface area contributed by atoms with Gasteiger partial charge in [0.05, 0.1) is 0 Å². The first-order chi connectivity index (χ1) is 8.86. The van der Waals surface area contributed by atoms with Gasteiger partial charge in [-0.1, -0.05) is 58.6 Å². The Kier molecular flexibility index (Phi) is 6.05. The van der Waals surface area contributed by atoms with Crippen LogP contribution in [0.5, 0.6) is 0 Å². The van der Waals surface area contributed by atoms with E-state index < -0.39 is 0 Å². The van der Waals surface area contributed by atoms with E-state index in [1.54, 1.807) is 0 Å². The van der Waals surface area contributed by atoms with Gasteiger partial charge in [-0.25, -0.2) is 9.97 Å². The Morgan fingerprint density at radius 1 is 1.11 bits per heavy atom. The van der Waals surface area contributed by atoms with Crippen LogP contribution >= 0.6 is 11.6 Å². The molecule has 0 aliphatic heterocycles. The quantitative estimate of drug-likeness (QED) is 0.606. The molecular formula is C15H26ClN3. The second-order valence-electron chi connectivity index (χ2n) is 6.05. The molecule has 19 heavy (non-hydrogen) atoms. The van der Waals surface area contributed by atoms with Gasteiger partial charge in [-0.2, -0.15) is 0 Å². The van der Waals surface area contributed by atoms with Gasteiger partial charge in [0.1, 0.15) is 16.8 Å². The summed E-state index contributed by atoms with van der Waals surface area (Å²) in [6, 6.07) is 0. The lowest BCUT2D eigenvalue weighted by Gasteiger charge is -2.19. The molecule has 0 radical (unpaired) electrons. The molecule has 0 bridgehead atoms. The molecule has 1 rings (SSSR count). The number of halogens is 1. The van der Waals surface area contributed by atoms with E-state index in [0.717, 1.165) is 23.8 Å². The molecule has 108 valence electrons. The number of anilines is 1. The molecule has 0 saturated heterocycles. The van der Waals surface area contributed by atoms with Crippen LogP contribution in [0.2, 0.25) is 5.15 Å². The van der Waals surface area contributed by atoms with Crippen molar-refractivity contribution in [1.82, 2.24) is 9.97 Å². The van der Waals surface area contributed by atoms with E-state index in [4.69, 9.17) is 11.6 Å². The third kappa shape index (κ3) is 4.98. The highest BCUT2D eigenvalue weighted by Gasteiger charge is 2.20. The molecule has 1 heterocycles. The Morgan fingerprint density at radius 3 is 2.37 bits per heavy atom. The number of nitrogens with one attached hydrogen (secondary N) is 1. The molecule has 4 heteroatoms. The van der Waals surface area contributed by atoms with Gasteiger partial charge in [-0.15, -0.1) is 0 Å². The first-order valence-electron chi connectivity index (χ1n) is 7.14. The van der Waals surface area contributed by atoms with Crippen molar-refractivity contribution in [1.29, 1.82) is 0 Å². The zero-order valence-electron chi connectivity index (χ0n) is 12.8. The van der Waals surface area contributed by atoms with Crippen molar-refractivity contribution in [2.75, 3.05) is 11.9 Å². The molecule has 0 unspecified atom stereocenters. The standard InChI is InChI=1S/C15H26ClN3/c1-6-7-8-9-10-17-13-11(2)12(16)18-14(19-13)15(3,4)5/h6-10H2,1-5H3,(H,17,18,19). The SMILES string of the molecule is CCCCCCNc1nc(C(C)(C)C)nc(Cl)c1C. The number of unbranched alkanes of at least 4 members (excludes halogenated alkanes) is 3. The zero-order valence-corrected chi connectivity index (χ0v) is 13.6. The van der Waals surface area contributed by atoms with Crippen molar-refractivity contribution in [3.8, 4) is 0 Å². The summed E-state index contributed by atoms with van der Waals surface area (Å²) in [6.07, 6.45) is 4.97. The summed E-state index contributed by atoms with van der Waals surface area (Å²) in [7, 11) is 0. The lowest BCUT2D eigenvalue weighted by molar-refractivity contribution is 0.545. The third-order valence-electron chi connectivity index (χ3n) is 3.08. The number of hydrogen-bond donors (Lipinski definition) is 1. The van der Waals surface area contributed by atoms with Crippen molar-refractivity contribution >= 4 is 17.4 Å². The van der Waals surface area contributed by atoms with Crippen molar-refractivity contribution < 1.29 is 0 Å². The van der Waals surface area contributed by atoms with Gasteiger partial charge in [0.15, 0.2) is 0 Å². The Morgan fingerprint density at radius 2 is 1.79 bits per heavy atom. The van der Waals surface area contributed by atoms with Crippen molar-refractivity contribution in [3.63, 3.8) is 0 Å². The lowest BCUT2D eigenvalue weighted by atomic mass is 9.95. The van der Waals surface area contributed by atoms with Crippen LogP contribution in [0.4, 0.5) is 5.82 Å². The summed E-state index contributed by atoms with van der Waals surface area (Å²) in [5.41, 5.74) is 0.848. The molecule has 0 aromatic carbocycles. The molecule has 0 amide bonds. The van der Waals surface area contributed by atoms with Gasteiger partial charge < -0.3 is 5.32 Å². The monoisotopic (exact) mass is 283 g/mol. The van der Waals surface area contributed by atoms with Crippen LogP contribution in [0.1, 0.15) is 64.8 Å². The minimum atomic E-state index is -0.0873. The maximum absolute atomic E-state index is 6.20. The van der Waals surface area contributed by atoms with Gasteiger partial charge in [-0.3, -0.25) is 0 Å². The average Bonchev–Trinajstić information content (AvgIpc) is 2.32. The fourth-order valence-corrected chi connectivity index (χ4v) is 1.92. The molecule has 0 fully saturated rings. The second-order valence-corrected chi connectivity index (χ2v) is 6.41. The highest BCUT2D eigenvalue weighted by molar-refractivity contribution is 6.30. The molecule has 0 aliphatic carbocycles. The summed E-state index contributed by atoms with van der Waals surface area (Å²) < 4.78 is 0. The van der Waals surface area contributed by atoms with Gasteiger partial charge in [0, 0.05) is 17.5 Å². The zero-order chi connectivity index (χ0) is 14.5. The summed E-state index contributed by atoms with van der Waals surface area (Å²) in [5, 5.41) is 3.94. The van der Waals surface area contributed by atoms with Crippen LogP contribution in [-0.4, -0.2) is 16.5 Å². The van der Waals surface area contributed by atoms with Gasteiger partial charge in [-0.05, 0) is 13.3 Å². The molecule has 3 nitrogen and oxygen atoms in total. The second kappa shape index (κ2) is 7.09. The first-order valence-corrected chi connectivity index (χ1v) is 7.52. The van der Waals surface area contributed by atoms with Crippen molar-refractivity contribution in [2.45, 2.75) is 65.7 Å². The Labute approximate surface area is 122 Å². The minimum absolute atomic E-state index is 0.0873. The Hall–Kier alpha value is -0.830. The van der Waals surface area contributed by atoms with Crippen molar-refractivity contribution in [2.24, 2.45) is 0 Å². The highest BCUT2D eigenvalue weighted by Crippen LogP contribution is 2.26.